The lowest BCUT2D eigenvalue weighted by molar-refractivity contribution is 1.09. The van der Waals surface area contributed by atoms with Gasteiger partial charge in [-0.1, -0.05) is 30.7 Å². The van der Waals surface area contributed by atoms with Gasteiger partial charge >= 0.3 is 0 Å². The summed E-state index contributed by atoms with van der Waals surface area (Å²) in [6.45, 7) is 1.98. The first-order valence-corrected chi connectivity index (χ1v) is 7.80. The second-order valence-electron chi connectivity index (χ2n) is 4.30. The third kappa shape index (κ3) is 2.54. The number of pyridine rings is 1. The normalized spacial score (nSPS) is 11.0. The number of nitrogens with zero attached hydrogens (tertiary/aromatic N) is 3. The third-order valence-corrected chi connectivity index (χ3v) is 4.15. The molecule has 1 aromatic carbocycles. The van der Waals surface area contributed by atoms with E-state index in [9.17, 15) is 4.79 Å². The molecule has 21 heavy (non-hydrogen) atoms. The van der Waals surface area contributed by atoms with Gasteiger partial charge in [0.05, 0.1) is 10.5 Å². The Kier molecular flexibility index (Phi) is 3.94. The van der Waals surface area contributed by atoms with Crippen LogP contribution in [0.15, 0.2) is 47.4 Å². The lowest BCUT2D eigenvalue weighted by atomic mass is 10.2. The lowest BCUT2D eigenvalue weighted by Crippen LogP contribution is -2.20. The molecule has 0 fully saturated rings. The van der Waals surface area contributed by atoms with Crippen molar-refractivity contribution in [2.24, 2.45) is 0 Å². The summed E-state index contributed by atoms with van der Waals surface area (Å²) in [5, 5.41) is 0.568. The first kappa shape index (κ1) is 14.1. The highest BCUT2D eigenvalue weighted by molar-refractivity contribution is 7.97. The summed E-state index contributed by atoms with van der Waals surface area (Å²) in [4.78, 5) is 21.3. The molecule has 2 aromatic heterocycles. The molecule has 0 aliphatic carbocycles. The van der Waals surface area contributed by atoms with Gasteiger partial charge in [-0.05, 0) is 36.2 Å². The summed E-state index contributed by atoms with van der Waals surface area (Å²) in [5.74, 6) is 1.30. The Morgan fingerprint density at radius 3 is 2.81 bits per heavy atom. The Morgan fingerprint density at radius 2 is 2.05 bits per heavy atom. The molecule has 0 amide bonds. The van der Waals surface area contributed by atoms with E-state index >= 15 is 0 Å². The van der Waals surface area contributed by atoms with Crippen LogP contribution < -0.4 is 5.56 Å². The lowest BCUT2D eigenvalue weighted by Gasteiger charge is -2.12. The van der Waals surface area contributed by atoms with Crippen LogP contribution in [0.25, 0.3) is 22.4 Å². The molecule has 0 bridgehead atoms. The fourth-order valence-corrected chi connectivity index (χ4v) is 3.01. The minimum absolute atomic E-state index is 0.164. The van der Waals surface area contributed by atoms with E-state index in [0.29, 0.717) is 21.9 Å². The number of benzene rings is 1. The zero-order valence-corrected chi connectivity index (χ0v) is 12.9. The van der Waals surface area contributed by atoms with Crippen LogP contribution in [0.2, 0.25) is 5.02 Å². The van der Waals surface area contributed by atoms with E-state index in [1.165, 1.54) is 11.9 Å². The molecule has 0 radical (unpaired) electrons. The molecule has 0 N–H and O–H groups in total. The molecule has 0 unspecified atom stereocenters. The molecule has 0 saturated heterocycles. The van der Waals surface area contributed by atoms with Crippen LogP contribution in [0.4, 0.5) is 0 Å². The summed E-state index contributed by atoms with van der Waals surface area (Å²) in [6.07, 6.45) is 1.60. The second kappa shape index (κ2) is 5.87. The maximum atomic E-state index is 12.6. The van der Waals surface area contributed by atoms with Crippen LogP contribution >= 0.6 is 23.5 Å². The molecule has 4 nitrogen and oxygen atoms in total. The van der Waals surface area contributed by atoms with E-state index in [0.717, 1.165) is 11.3 Å². The van der Waals surface area contributed by atoms with E-state index in [4.69, 9.17) is 11.6 Å². The van der Waals surface area contributed by atoms with E-state index in [2.05, 4.69) is 9.97 Å². The minimum Gasteiger partial charge on any atom is -0.266 e. The predicted molar refractivity (Wildman–Crippen MR) is 87.8 cm³/mol. The standard InChI is InChI=1S/C15H12ClN3OS/c1-2-21-19-14(10-6-3-4-7-11(10)16)18-12-8-5-9-17-13(12)15(19)20/h3-9H,2H2,1H3. The van der Waals surface area contributed by atoms with Crippen molar-refractivity contribution in [1.82, 2.24) is 13.9 Å². The zero-order valence-electron chi connectivity index (χ0n) is 11.3. The number of fused-ring (bicyclic) bond motifs is 1. The number of hydrogen-bond acceptors (Lipinski definition) is 4. The largest absolute Gasteiger partial charge is 0.290 e. The van der Waals surface area contributed by atoms with Crippen LogP contribution in [-0.4, -0.2) is 19.7 Å². The van der Waals surface area contributed by atoms with Gasteiger partial charge in [0.1, 0.15) is 0 Å². The Bertz CT molecular complexity index is 863. The molecule has 0 spiro atoms. The van der Waals surface area contributed by atoms with E-state index < -0.39 is 0 Å². The summed E-state index contributed by atoms with van der Waals surface area (Å²) in [5.41, 5.74) is 1.52. The van der Waals surface area contributed by atoms with Crippen molar-refractivity contribution in [3.63, 3.8) is 0 Å². The van der Waals surface area contributed by atoms with Gasteiger partial charge in [0.25, 0.3) is 5.56 Å². The molecular formula is C15H12ClN3OS. The Hall–Kier alpha value is -1.85. The van der Waals surface area contributed by atoms with Crippen LogP contribution in [0.5, 0.6) is 0 Å². The quantitative estimate of drug-likeness (QED) is 0.740. The van der Waals surface area contributed by atoms with Crippen molar-refractivity contribution in [3.8, 4) is 11.4 Å². The van der Waals surface area contributed by atoms with Gasteiger partial charge in [0.15, 0.2) is 11.3 Å². The summed E-state index contributed by atoms with van der Waals surface area (Å²) < 4.78 is 1.57. The van der Waals surface area contributed by atoms with Crippen molar-refractivity contribution in [3.05, 3.63) is 58.0 Å². The fraction of sp³-hybridized carbons (Fsp3) is 0.133. The second-order valence-corrected chi connectivity index (χ2v) is 5.91. The molecule has 3 rings (SSSR count). The molecular weight excluding hydrogens is 306 g/mol. The summed E-state index contributed by atoms with van der Waals surface area (Å²) >= 11 is 7.64. The van der Waals surface area contributed by atoms with Gasteiger partial charge in [-0.2, -0.15) is 0 Å². The molecule has 0 aliphatic rings. The van der Waals surface area contributed by atoms with Gasteiger partial charge in [-0.25, -0.2) is 13.9 Å². The van der Waals surface area contributed by atoms with Gasteiger partial charge in [-0.15, -0.1) is 0 Å². The number of hydrogen-bond donors (Lipinski definition) is 0. The predicted octanol–water partition coefficient (Wildman–Crippen LogP) is 3.63. The fourth-order valence-electron chi connectivity index (χ4n) is 2.06. The number of aromatic nitrogens is 3. The molecule has 6 heteroatoms. The van der Waals surface area contributed by atoms with Crippen molar-refractivity contribution >= 4 is 34.6 Å². The molecule has 2 heterocycles. The Labute approximate surface area is 130 Å². The average Bonchev–Trinajstić information content (AvgIpc) is 2.51. The molecule has 0 atom stereocenters. The summed E-state index contributed by atoms with van der Waals surface area (Å²) in [7, 11) is 0. The highest BCUT2D eigenvalue weighted by Crippen LogP contribution is 2.28. The molecule has 0 aliphatic heterocycles. The monoisotopic (exact) mass is 317 g/mol. The zero-order chi connectivity index (χ0) is 14.8. The van der Waals surface area contributed by atoms with E-state index in [1.54, 1.807) is 28.4 Å². The summed E-state index contributed by atoms with van der Waals surface area (Å²) in [6, 6.07) is 10.9. The average molecular weight is 318 g/mol. The molecule has 0 saturated carbocycles. The Balaban J connectivity index is 2.38. The Morgan fingerprint density at radius 1 is 1.24 bits per heavy atom. The smallest absolute Gasteiger partial charge is 0.266 e. The minimum atomic E-state index is -0.164. The maximum Gasteiger partial charge on any atom is 0.290 e. The molecule has 106 valence electrons. The first-order chi connectivity index (χ1) is 10.2. The van der Waals surface area contributed by atoms with Crippen molar-refractivity contribution in [2.45, 2.75) is 6.92 Å². The highest BCUT2D eigenvalue weighted by atomic mass is 35.5. The topological polar surface area (TPSA) is 47.8 Å². The van der Waals surface area contributed by atoms with Crippen LogP contribution in [0.1, 0.15) is 6.92 Å². The van der Waals surface area contributed by atoms with Crippen LogP contribution in [0.3, 0.4) is 0 Å². The number of halogens is 1. The first-order valence-electron chi connectivity index (χ1n) is 6.48. The van der Waals surface area contributed by atoms with Gasteiger partial charge < -0.3 is 0 Å². The van der Waals surface area contributed by atoms with Gasteiger partial charge in [0.2, 0.25) is 0 Å². The van der Waals surface area contributed by atoms with Crippen molar-refractivity contribution in [1.29, 1.82) is 0 Å². The van der Waals surface area contributed by atoms with Gasteiger partial charge in [0, 0.05) is 17.5 Å². The number of rotatable bonds is 3. The van der Waals surface area contributed by atoms with Gasteiger partial charge in [-0.3, -0.25) is 4.79 Å². The SMILES string of the molecule is CCSn1c(-c2ccccc2Cl)nc2cccnc2c1=O. The molecule has 3 aromatic rings. The highest BCUT2D eigenvalue weighted by Gasteiger charge is 2.15. The third-order valence-electron chi connectivity index (χ3n) is 2.97. The van der Waals surface area contributed by atoms with Crippen LogP contribution in [0, 0.1) is 0 Å². The maximum absolute atomic E-state index is 12.6. The van der Waals surface area contributed by atoms with E-state index in [-0.39, 0.29) is 5.56 Å². The van der Waals surface area contributed by atoms with E-state index in [1.807, 2.05) is 25.1 Å². The van der Waals surface area contributed by atoms with Crippen LogP contribution in [-0.2, 0) is 0 Å². The van der Waals surface area contributed by atoms with Crippen molar-refractivity contribution < 1.29 is 0 Å². The van der Waals surface area contributed by atoms with Crippen molar-refractivity contribution in [2.75, 3.05) is 5.75 Å².